The van der Waals surface area contributed by atoms with E-state index in [2.05, 4.69) is 10.3 Å². The second-order valence-corrected chi connectivity index (χ2v) is 5.63. The Morgan fingerprint density at radius 1 is 1.38 bits per heavy atom. The largest absolute Gasteiger partial charge is 0.405 e. The number of hydrogen-bond acceptors (Lipinski definition) is 3. The Morgan fingerprint density at radius 3 is 2.52 bits per heavy atom. The first-order valence-corrected chi connectivity index (χ1v) is 7.30. The third-order valence-electron chi connectivity index (χ3n) is 2.76. The number of anilines is 1. The number of pyridine rings is 1. The van der Waals surface area contributed by atoms with Gasteiger partial charge in [0, 0.05) is 25.3 Å². The smallest absolute Gasteiger partial charge is 0.346 e. The molecule has 0 unspecified atom stereocenters. The van der Waals surface area contributed by atoms with Gasteiger partial charge in [0.05, 0.1) is 5.02 Å². The fraction of sp³-hybridized carbons (Fsp3) is 0.643. The highest BCUT2D eigenvalue weighted by Crippen LogP contribution is 2.27. The van der Waals surface area contributed by atoms with E-state index in [1.807, 2.05) is 20.8 Å². The van der Waals surface area contributed by atoms with Crippen LogP contribution in [-0.2, 0) is 6.54 Å². The van der Waals surface area contributed by atoms with Gasteiger partial charge in [0.1, 0.15) is 12.4 Å². The molecule has 1 heterocycles. The van der Waals surface area contributed by atoms with Crippen LogP contribution in [0.1, 0.15) is 32.8 Å². The molecule has 120 valence electrons. The number of aromatic nitrogens is 1. The maximum Gasteiger partial charge on any atom is 0.405 e. The molecule has 1 aromatic rings. The summed E-state index contributed by atoms with van der Waals surface area (Å²) in [7, 11) is 0. The highest BCUT2D eigenvalue weighted by atomic mass is 35.5. The average molecular weight is 324 g/mol. The van der Waals surface area contributed by atoms with Crippen LogP contribution in [0, 0.1) is 0 Å². The number of rotatable bonds is 7. The van der Waals surface area contributed by atoms with Crippen molar-refractivity contribution in [3.05, 3.63) is 22.8 Å². The van der Waals surface area contributed by atoms with E-state index in [-0.39, 0.29) is 17.4 Å². The van der Waals surface area contributed by atoms with E-state index in [1.165, 1.54) is 4.90 Å². The molecule has 0 aromatic carbocycles. The van der Waals surface area contributed by atoms with Gasteiger partial charge in [-0.05, 0) is 18.1 Å². The van der Waals surface area contributed by atoms with Gasteiger partial charge in [-0.1, -0.05) is 32.4 Å². The second kappa shape index (κ2) is 7.84. The third-order valence-corrected chi connectivity index (χ3v) is 3.03. The van der Waals surface area contributed by atoms with Crippen LogP contribution in [0.25, 0.3) is 0 Å². The van der Waals surface area contributed by atoms with Crippen LogP contribution in [0.15, 0.2) is 12.3 Å². The van der Waals surface area contributed by atoms with Crippen LogP contribution in [0.4, 0.5) is 19.0 Å². The number of hydrogen-bond donors (Lipinski definition) is 1. The Balaban J connectivity index is 2.89. The highest BCUT2D eigenvalue weighted by molar-refractivity contribution is 6.33. The maximum atomic E-state index is 12.6. The van der Waals surface area contributed by atoms with Crippen LogP contribution < -0.4 is 10.2 Å². The Kier molecular flexibility index (Phi) is 6.74. The summed E-state index contributed by atoms with van der Waals surface area (Å²) in [4.78, 5) is 5.28. The van der Waals surface area contributed by atoms with Crippen molar-refractivity contribution in [3.63, 3.8) is 0 Å². The van der Waals surface area contributed by atoms with Crippen molar-refractivity contribution >= 4 is 17.4 Å². The fourth-order valence-corrected chi connectivity index (χ4v) is 2.18. The lowest BCUT2D eigenvalue weighted by molar-refractivity contribution is -0.119. The van der Waals surface area contributed by atoms with Crippen LogP contribution in [-0.4, -0.2) is 30.3 Å². The maximum absolute atomic E-state index is 12.6. The van der Waals surface area contributed by atoms with Crippen molar-refractivity contribution in [1.82, 2.24) is 10.3 Å². The van der Waals surface area contributed by atoms with Crippen LogP contribution >= 0.6 is 11.6 Å². The minimum absolute atomic E-state index is 0.184. The minimum atomic E-state index is -4.28. The van der Waals surface area contributed by atoms with Gasteiger partial charge in [-0.2, -0.15) is 13.2 Å². The van der Waals surface area contributed by atoms with Gasteiger partial charge in [-0.3, -0.25) is 0 Å². The second-order valence-electron chi connectivity index (χ2n) is 5.22. The zero-order valence-electron chi connectivity index (χ0n) is 12.5. The van der Waals surface area contributed by atoms with E-state index in [4.69, 9.17) is 11.6 Å². The lowest BCUT2D eigenvalue weighted by Crippen LogP contribution is -2.35. The van der Waals surface area contributed by atoms with Crippen molar-refractivity contribution in [2.24, 2.45) is 0 Å². The molecule has 21 heavy (non-hydrogen) atoms. The molecule has 1 aromatic heterocycles. The van der Waals surface area contributed by atoms with Crippen molar-refractivity contribution < 1.29 is 13.2 Å². The molecule has 0 bridgehead atoms. The highest BCUT2D eigenvalue weighted by Gasteiger charge is 2.31. The number of alkyl halides is 3. The predicted octanol–water partition coefficient (Wildman–Crippen LogP) is 4.01. The molecule has 1 rings (SSSR count). The Labute approximate surface area is 128 Å². The third kappa shape index (κ3) is 6.52. The van der Waals surface area contributed by atoms with Gasteiger partial charge in [0.15, 0.2) is 0 Å². The van der Waals surface area contributed by atoms with E-state index in [0.29, 0.717) is 19.0 Å². The van der Waals surface area contributed by atoms with Gasteiger partial charge in [0.2, 0.25) is 0 Å². The normalized spacial score (nSPS) is 12.0. The molecular formula is C14H21ClF3N3. The van der Waals surface area contributed by atoms with Gasteiger partial charge in [-0.25, -0.2) is 4.98 Å². The van der Waals surface area contributed by atoms with E-state index in [9.17, 15) is 13.2 Å². The molecule has 0 aliphatic heterocycles. The van der Waals surface area contributed by atoms with Gasteiger partial charge >= 0.3 is 6.18 Å². The summed E-state index contributed by atoms with van der Waals surface area (Å²) in [6.45, 7) is 5.63. The molecular weight excluding hydrogens is 303 g/mol. The molecule has 0 atom stereocenters. The summed E-state index contributed by atoms with van der Waals surface area (Å²) >= 11 is 6.10. The van der Waals surface area contributed by atoms with Gasteiger partial charge in [0.25, 0.3) is 0 Å². The topological polar surface area (TPSA) is 28.2 Å². The Morgan fingerprint density at radius 2 is 2.05 bits per heavy atom. The fourth-order valence-electron chi connectivity index (χ4n) is 1.87. The first-order chi connectivity index (χ1) is 9.73. The number of halogens is 4. The first-order valence-electron chi connectivity index (χ1n) is 6.92. The van der Waals surface area contributed by atoms with Crippen molar-refractivity contribution in [2.75, 3.05) is 18.0 Å². The SMILES string of the molecule is CCCN(CC(F)(F)F)c1ncc(CNC(C)C)cc1Cl. The van der Waals surface area contributed by atoms with Crippen molar-refractivity contribution in [2.45, 2.75) is 46.0 Å². The molecule has 0 fully saturated rings. The standard InChI is InChI=1S/C14H21ClF3N3/c1-4-5-21(9-14(16,17)18)13-12(15)6-11(8-20-13)7-19-10(2)3/h6,8,10,19H,4-5,7,9H2,1-3H3. The van der Waals surface area contributed by atoms with E-state index in [1.54, 1.807) is 12.3 Å². The zero-order chi connectivity index (χ0) is 16.0. The quantitative estimate of drug-likeness (QED) is 0.821. The molecule has 3 nitrogen and oxygen atoms in total. The monoisotopic (exact) mass is 323 g/mol. The molecule has 0 amide bonds. The minimum Gasteiger partial charge on any atom is -0.346 e. The van der Waals surface area contributed by atoms with Gasteiger partial charge < -0.3 is 10.2 Å². The van der Waals surface area contributed by atoms with E-state index >= 15 is 0 Å². The van der Waals surface area contributed by atoms with E-state index in [0.717, 1.165) is 5.56 Å². The van der Waals surface area contributed by atoms with Crippen molar-refractivity contribution in [3.8, 4) is 0 Å². The summed E-state index contributed by atoms with van der Waals surface area (Å²) in [5, 5.41) is 3.45. The molecule has 0 radical (unpaired) electrons. The average Bonchev–Trinajstić information content (AvgIpc) is 2.34. The van der Waals surface area contributed by atoms with Crippen LogP contribution in [0.5, 0.6) is 0 Å². The van der Waals surface area contributed by atoms with Gasteiger partial charge in [-0.15, -0.1) is 0 Å². The summed E-state index contributed by atoms with van der Waals surface area (Å²) in [5.74, 6) is 0.184. The summed E-state index contributed by atoms with van der Waals surface area (Å²) in [6.07, 6.45) is -2.13. The summed E-state index contributed by atoms with van der Waals surface area (Å²) in [5.41, 5.74) is 0.848. The molecule has 0 spiro atoms. The Bertz CT molecular complexity index is 450. The van der Waals surface area contributed by atoms with Crippen molar-refractivity contribution in [1.29, 1.82) is 0 Å². The predicted molar refractivity (Wildman–Crippen MR) is 79.8 cm³/mol. The molecule has 0 aliphatic rings. The lowest BCUT2D eigenvalue weighted by Gasteiger charge is -2.25. The van der Waals surface area contributed by atoms with Crippen LogP contribution in [0.3, 0.4) is 0 Å². The molecule has 0 saturated carbocycles. The number of nitrogens with one attached hydrogen (secondary N) is 1. The summed E-state index contributed by atoms with van der Waals surface area (Å²) < 4.78 is 37.8. The zero-order valence-corrected chi connectivity index (χ0v) is 13.2. The lowest BCUT2D eigenvalue weighted by atomic mass is 10.2. The first kappa shape index (κ1) is 18.0. The molecule has 1 N–H and O–H groups in total. The molecule has 0 saturated heterocycles. The van der Waals surface area contributed by atoms with Crippen LogP contribution in [0.2, 0.25) is 5.02 Å². The number of nitrogens with zero attached hydrogens (tertiary/aromatic N) is 2. The molecule has 0 aliphatic carbocycles. The summed E-state index contributed by atoms with van der Waals surface area (Å²) in [6, 6.07) is 1.98. The molecule has 7 heteroatoms. The van der Waals surface area contributed by atoms with E-state index < -0.39 is 12.7 Å². The Hall–Kier alpha value is -1.01.